The van der Waals surface area contributed by atoms with E-state index < -0.39 is 5.97 Å². The molecule has 0 aliphatic carbocycles. The van der Waals surface area contributed by atoms with Crippen LogP contribution in [0.5, 0.6) is 0 Å². The molecule has 0 unspecified atom stereocenters. The molecule has 3 N–H and O–H groups in total. The number of aliphatic carboxylic acids is 1. The number of benzene rings is 1. The number of nitrogens with two attached hydrogens (primary N) is 1. The number of hydrogen-bond donors (Lipinski definition) is 2. The third-order valence-electron chi connectivity index (χ3n) is 2.57. The standard InChI is InChI=1S/C13H16N2O3/c1-3-7-15(8-12(16)17)13(18)10-5-4-6-11(14)9(10)2/h3-6H,1,7-8,14H2,2H3,(H,16,17). The second-order valence-electron chi connectivity index (χ2n) is 3.89. The lowest BCUT2D eigenvalue weighted by molar-refractivity contribution is -0.137. The summed E-state index contributed by atoms with van der Waals surface area (Å²) in [6.45, 7) is 5.06. The van der Waals surface area contributed by atoms with Crippen LogP contribution in [-0.2, 0) is 4.79 Å². The van der Waals surface area contributed by atoms with Crippen LogP contribution in [0, 0.1) is 6.92 Å². The van der Waals surface area contributed by atoms with Crippen LogP contribution in [0.15, 0.2) is 30.9 Å². The van der Waals surface area contributed by atoms with Crippen LogP contribution >= 0.6 is 0 Å². The monoisotopic (exact) mass is 248 g/mol. The summed E-state index contributed by atoms with van der Waals surface area (Å²) in [5, 5.41) is 8.78. The maximum Gasteiger partial charge on any atom is 0.323 e. The Kier molecular flexibility index (Phi) is 4.48. The summed E-state index contributed by atoms with van der Waals surface area (Å²) >= 11 is 0. The number of anilines is 1. The Balaban J connectivity index is 3.05. The lowest BCUT2D eigenvalue weighted by Gasteiger charge is -2.20. The normalized spacial score (nSPS) is 9.83. The molecule has 1 rings (SSSR count). The number of nitrogens with zero attached hydrogens (tertiary/aromatic N) is 1. The van der Waals surface area contributed by atoms with Gasteiger partial charge in [0.25, 0.3) is 5.91 Å². The molecule has 0 heterocycles. The highest BCUT2D eigenvalue weighted by Gasteiger charge is 2.19. The van der Waals surface area contributed by atoms with Crippen molar-refractivity contribution in [3.8, 4) is 0 Å². The minimum atomic E-state index is -1.06. The van der Waals surface area contributed by atoms with E-state index in [0.29, 0.717) is 16.8 Å². The van der Waals surface area contributed by atoms with Gasteiger partial charge < -0.3 is 15.7 Å². The average Bonchev–Trinajstić information content (AvgIpc) is 2.31. The SMILES string of the molecule is C=CCN(CC(=O)O)C(=O)c1cccc(N)c1C. The molecular formula is C13H16N2O3. The molecule has 0 bridgehead atoms. The van der Waals surface area contributed by atoms with Gasteiger partial charge in [-0.25, -0.2) is 0 Å². The zero-order valence-corrected chi connectivity index (χ0v) is 10.2. The van der Waals surface area contributed by atoms with E-state index >= 15 is 0 Å². The van der Waals surface area contributed by atoms with Crippen molar-refractivity contribution in [2.75, 3.05) is 18.8 Å². The molecule has 1 aromatic rings. The number of amides is 1. The minimum absolute atomic E-state index is 0.180. The van der Waals surface area contributed by atoms with Crippen molar-refractivity contribution in [2.24, 2.45) is 0 Å². The van der Waals surface area contributed by atoms with Gasteiger partial charge in [-0.2, -0.15) is 0 Å². The first-order valence-electron chi connectivity index (χ1n) is 5.44. The van der Waals surface area contributed by atoms with E-state index in [1.807, 2.05) is 0 Å². The number of carbonyl (C=O) groups excluding carboxylic acids is 1. The predicted molar refractivity (Wildman–Crippen MR) is 69.3 cm³/mol. The summed E-state index contributed by atoms with van der Waals surface area (Å²) in [5.41, 5.74) is 7.31. The highest BCUT2D eigenvalue weighted by molar-refractivity contribution is 5.98. The van der Waals surface area contributed by atoms with Gasteiger partial charge in [-0.3, -0.25) is 9.59 Å². The average molecular weight is 248 g/mol. The molecule has 5 heteroatoms. The minimum Gasteiger partial charge on any atom is -0.480 e. The van der Waals surface area contributed by atoms with Crippen LogP contribution in [0.2, 0.25) is 0 Å². The zero-order chi connectivity index (χ0) is 13.7. The Morgan fingerprint density at radius 1 is 1.50 bits per heavy atom. The Morgan fingerprint density at radius 3 is 2.72 bits per heavy atom. The molecule has 0 fully saturated rings. The lowest BCUT2D eigenvalue weighted by Crippen LogP contribution is -2.36. The van der Waals surface area contributed by atoms with Crippen molar-refractivity contribution >= 4 is 17.6 Å². The number of hydrogen-bond acceptors (Lipinski definition) is 3. The van der Waals surface area contributed by atoms with Crippen LogP contribution < -0.4 is 5.73 Å². The fourth-order valence-corrected chi connectivity index (χ4v) is 1.59. The number of carboxylic acid groups (broad SMARTS) is 1. The van der Waals surface area contributed by atoms with Crippen molar-refractivity contribution in [2.45, 2.75) is 6.92 Å². The number of carboxylic acids is 1. The molecule has 5 nitrogen and oxygen atoms in total. The largest absolute Gasteiger partial charge is 0.480 e. The lowest BCUT2D eigenvalue weighted by atomic mass is 10.1. The van der Waals surface area contributed by atoms with E-state index in [9.17, 15) is 9.59 Å². The van der Waals surface area contributed by atoms with E-state index in [4.69, 9.17) is 10.8 Å². The van der Waals surface area contributed by atoms with E-state index in [-0.39, 0.29) is 19.0 Å². The van der Waals surface area contributed by atoms with Crippen LogP contribution in [0.1, 0.15) is 15.9 Å². The van der Waals surface area contributed by atoms with Gasteiger partial charge in [-0.1, -0.05) is 12.1 Å². The van der Waals surface area contributed by atoms with E-state index in [2.05, 4.69) is 6.58 Å². The van der Waals surface area contributed by atoms with Gasteiger partial charge in [-0.05, 0) is 24.6 Å². The molecule has 0 spiro atoms. The smallest absolute Gasteiger partial charge is 0.323 e. The Bertz CT molecular complexity index is 483. The highest BCUT2D eigenvalue weighted by atomic mass is 16.4. The third-order valence-corrected chi connectivity index (χ3v) is 2.57. The first-order valence-corrected chi connectivity index (χ1v) is 5.44. The summed E-state index contributed by atoms with van der Waals surface area (Å²) < 4.78 is 0. The fraction of sp³-hybridized carbons (Fsp3) is 0.231. The van der Waals surface area contributed by atoms with E-state index in [0.717, 1.165) is 0 Å². The second kappa shape index (κ2) is 5.86. The van der Waals surface area contributed by atoms with Gasteiger partial charge in [0, 0.05) is 17.8 Å². The highest BCUT2D eigenvalue weighted by Crippen LogP contribution is 2.17. The fourth-order valence-electron chi connectivity index (χ4n) is 1.59. The maximum atomic E-state index is 12.2. The molecule has 0 aliphatic heterocycles. The first-order chi connectivity index (χ1) is 8.47. The summed E-state index contributed by atoms with van der Waals surface area (Å²) in [6, 6.07) is 5.00. The van der Waals surface area contributed by atoms with Crippen LogP contribution in [0.4, 0.5) is 5.69 Å². The Hall–Kier alpha value is -2.30. The van der Waals surface area contributed by atoms with Crippen LogP contribution in [0.3, 0.4) is 0 Å². The van der Waals surface area contributed by atoms with Gasteiger partial charge in [0.2, 0.25) is 0 Å². The number of rotatable bonds is 5. The summed E-state index contributed by atoms with van der Waals surface area (Å²) in [6.07, 6.45) is 1.49. The van der Waals surface area contributed by atoms with Crippen molar-refractivity contribution < 1.29 is 14.7 Å². The van der Waals surface area contributed by atoms with Crippen molar-refractivity contribution in [3.63, 3.8) is 0 Å². The van der Waals surface area contributed by atoms with E-state index in [1.54, 1.807) is 25.1 Å². The number of carbonyl (C=O) groups is 2. The Labute approximate surface area is 106 Å². The molecule has 0 radical (unpaired) electrons. The summed E-state index contributed by atoms with van der Waals surface area (Å²) in [7, 11) is 0. The van der Waals surface area contributed by atoms with Gasteiger partial charge in [0.05, 0.1) is 0 Å². The molecule has 1 amide bonds. The first kappa shape index (κ1) is 13.8. The van der Waals surface area contributed by atoms with Crippen molar-refractivity contribution in [3.05, 3.63) is 42.0 Å². The van der Waals surface area contributed by atoms with E-state index in [1.165, 1.54) is 11.0 Å². The second-order valence-corrected chi connectivity index (χ2v) is 3.89. The van der Waals surface area contributed by atoms with Gasteiger partial charge in [0.1, 0.15) is 6.54 Å². The van der Waals surface area contributed by atoms with Crippen molar-refractivity contribution in [1.29, 1.82) is 0 Å². The molecule has 0 saturated heterocycles. The maximum absolute atomic E-state index is 12.2. The molecule has 0 saturated carbocycles. The quantitative estimate of drug-likeness (QED) is 0.607. The number of nitrogen functional groups attached to an aromatic ring is 1. The molecule has 18 heavy (non-hydrogen) atoms. The predicted octanol–water partition coefficient (Wildman–Crippen LogP) is 1.29. The summed E-state index contributed by atoms with van der Waals surface area (Å²) in [5.74, 6) is -1.42. The molecule has 0 aromatic heterocycles. The van der Waals surface area contributed by atoms with Gasteiger partial charge in [-0.15, -0.1) is 6.58 Å². The third kappa shape index (κ3) is 3.10. The van der Waals surface area contributed by atoms with Crippen LogP contribution in [-0.4, -0.2) is 35.0 Å². The Morgan fingerprint density at radius 2 is 2.17 bits per heavy atom. The summed E-state index contributed by atoms with van der Waals surface area (Å²) in [4.78, 5) is 24.1. The van der Waals surface area contributed by atoms with Crippen molar-refractivity contribution in [1.82, 2.24) is 4.90 Å². The molecule has 0 atom stereocenters. The topological polar surface area (TPSA) is 83.6 Å². The van der Waals surface area contributed by atoms with Crippen LogP contribution in [0.25, 0.3) is 0 Å². The molecule has 96 valence electrons. The zero-order valence-electron chi connectivity index (χ0n) is 10.2. The molecular weight excluding hydrogens is 232 g/mol. The molecule has 0 aliphatic rings. The molecule has 1 aromatic carbocycles. The van der Waals surface area contributed by atoms with Gasteiger partial charge in [0.15, 0.2) is 0 Å². The van der Waals surface area contributed by atoms with Gasteiger partial charge >= 0.3 is 5.97 Å².